The van der Waals surface area contributed by atoms with E-state index in [1.807, 2.05) is 6.92 Å². The van der Waals surface area contributed by atoms with Gasteiger partial charge in [0.05, 0.1) is 5.02 Å². The van der Waals surface area contributed by atoms with Crippen molar-refractivity contribution >= 4 is 27.5 Å². The Morgan fingerprint density at radius 2 is 1.94 bits per heavy atom. The van der Waals surface area contributed by atoms with Gasteiger partial charge in [0.1, 0.15) is 11.9 Å². The van der Waals surface area contributed by atoms with Crippen LogP contribution in [0.1, 0.15) is 22.8 Å². The smallest absolute Gasteiger partial charge is 0.129 e. The first-order chi connectivity index (χ1) is 8.49. The zero-order valence-electron chi connectivity index (χ0n) is 9.62. The van der Waals surface area contributed by atoms with Crippen molar-refractivity contribution in [2.45, 2.75) is 13.0 Å². The molecule has 0 fully saturated rings. The van der Waals surface area contributed by atoms with Gasteiger partial charge in [0, 0.05) is 10.0 Å². The second-order valence-electron chi connectivity index (χ2n) is 4.10. The SMILES string of the molecule is Cc1ccc(F)c(C(O)c2ccc(Br)c(Cl)c2)c1. The van der Waals surface area contributed by atoms with Crippen LogP contribution in [0.2, 0.25) is 5.02 Å². The van der Waals surface area contributed by atoms with Gasteiger partial charge in [-0.1, -0.05) is 35.4 Å². The van der Waals surface area contributed by atoms with Crippen molar-refractivity contribution in [3.63, 3.8) is 0 Å². The largest absolute Gasteiger partial charge is 0.384 e. The van der Waals surface area contributed by atoms with Crippen LogP contribution >= 0.6 is 27.5 Å². The summed E-state index contributed by atoms with van der Waals surface area (Å²) in [5, 5.41) is 10.7. The first-order valence-corrected chi connectivity index (χ1v) is 6.55. The number of aliphatic hydroxyl groups excluding tert-OH is 1. The number of benzene rings is 2. The number of aliphatic hydroxyl groups is 1. The van der Waals surface area contributed by atoms with Gasteiger partial charge < -0.3 is 5.11 Å². The molecule has 0 radical (unpaired) electrons. The molecule has 1 unspecified atom stereocenters. The van der Waals surface area contributed by atoms with E-state index >= 15 is 0 Å². The van der Waals surface area contributed by atoms with E-state index in [9.17, 15) is 9.50 Å². The molecule has 4 heteroatoms. The fraction of sp³-hybridized carbons (Fsp3) is 0.143. The highest BCUT2D eigenvalue weighted by atomic mass is 79.9. The molecule has 2 rings (SSSR count). The molecule has 0 aliphatic heterocycles. The van der Waals surface area contributed by atoms with Crippen molar-refractivity contribution in [2.24, 2.45) is 0 Å². The Morgan fingerprint density at radius 3 is 2.61 bits per heavy atom. The van der Waals surface area contributed by atoms with Crippen LogP contribution in [0.25, 0.3) is 0 Å². The second kappa shape index (κ2) is 5.39. The predicted molar refractivity (Wildman–Crippen MR) is 74.4 cm³/mol. The average Bonchev–Trinajstić information content (AvgIpc) is 2.35. The second-order valence-corrected chi connectivity index (χ2v) is 5.36. The van der Waals surface area contributed by atoms with Crippen LogP contribution in [-0.4, -0.2) is 5.11 Å². The molecule has 18 heavy (non-hydrogen) atoms. The normalized spacial score (nSPS) is 12.5. The third-order valence-corrected chi connectivity index (χ3v) is 3.94. The first-order valence-electron chi connectivity index (χ1n) is 5.38. The Balaban J connectivity index is 2.44. The molecule has 0 aromatic heterocycles. The van der Waals surface area contributed by atoms with Crippen molar-refractivity contribution in [1.29, 1.82) is 0 Å². The molecule has 0 saturated heterocycles. The molecule has 94 valence electrons. The molecule has 1 atom stereocenters. The lowest BCUT2D eigenvalue weighted by Crippen LogP contribution is -2.03. The maximum Gasteiger partial charge on any atom is 0.129 e. The van der Waals surface area contributed by atoms with Crippen LogP contribution in [0.5, 0.6) is 0 Å². The Morgan fingerprint density at radius 1 is 1.22 bits per heavy atom. The minimum atomic E-state index is -1.02. The van der Waals surface area contributed by atoms with Crippen LogP contribution in [0.15, 0.2) is 40.9 Å². The van der Waals surface area contributed by atoms with E-state index in [0.717, 1.165) is 10.0 Å². The van der Waals surface area contributed by atoms with E-state index in [1.54, 1.807) is 30.3 Å². The Kier molecular flexibility index (Phi) is 4.05. The van der Waals surface area contributed by atoms with Gasteiger partial charge in [0.2, 0.25) is 0 Å². The monoisotopic (exact) mass is 328 g/mol. The fourth-order valence-corrected chi connectivity index (χ4v) is 2.17. The van der Waals surface area contributed by atoms with Crippen molar-refractivity contribution in [3.8, 4) is 0 Å². The summed E-state index contributed by atoms with van der Waals surface area (Å²) >= 11 is 9.24. The summed E-state index contributed by atoms with van der Waals surface area (Å²) in [6.45, 7) is 1.85. The number of hydrogen-bond acceptors (Lipinski definition) is 1. The standard InChI is InChI=1S/C14H11BrClFO/c1-8-2-5-13(17)10(6-8)14(18)9-3-4-11(15)12(16)7-9/h2-7,14,18H,1H3. The topological polar surface area (TPSA) is 20.2 Å². The molecule has 0 amide bonds. The number of hydrogen-bond donors (Lipinski definition) is 1. The molecule has 2 aromatic rings. The predicted octanol–water partition coefficient (Wildman–Crippen LogP) is 4.63. The summed E-state index contributed by atoms with van der Waals surface area (Å²) in [4.78, 5) is 0. The maximum absolute atomic E-state index is 13.7. The number of aryl methyl sites for hydroxylation is 1. The third kappa shape index (κ3) is 2.74. The fourth-order valence-electron chi connectivity index (χ4n) is 1.73. The van der Waals surface area contributed by atoms with Crippen LogP contribution in [0, 0.1) is 12.7 Å². The van der Waals surface area contributed by atoms with Gasteiger partial charge in [-0.2, -0.15) is 0 Å². The van der Waals surface area contributed by atoms with Gasteiger partial charge in [-0.25, -0.2) is 4.39 Å². The molecule has 0 aliphatic rings. The quantitative estimate of drug-likeness (QED) is 0.851. The molecule has 0 heterocycles. The summed E-state index contributed by atoms with van der Waals surface area (Å²) in [6, 6.07) is 9.72. The van der Waals surface area contributed by atoms with Crippen molar-refractivity contribution in [3.05, 3.63) is 68.4 Å². The van der Waals surface area contributed by atoms with E-state index in [0.29, 0.717) is 10.6 Å². The summed E-state index contributed by atoms with van der Waals surface area (Å²) in [6.07, 6.45) is -1.02. The van der Waals surface area contributed by atoms with Gasteiger partial charge in [0.15, 0.2) is 0 Å². The molecule has 1 N–H and O–H groups in total. The molecule has 0 bridgehead atoms. The molecule has 1 nitrogen and oxygen atoms in total. The van der Waals surface area contributed by atoms with Crippen LogP contribution in [0.3, 0.4) is 0 Å². The number of rotatable bonds is 2. The highest BCUT2D eigenvalue weighted by Crippen LogP contribution is 2.30. The van der Waals surface area contributed by atoms with E-state index in [4.69, 9.17) is 11.6 Å². The maximum atomic E-state index is 13.7. The molecule has 0 saturated carbocycles. The summed E-state index contributed by atoms with van der Waals surface area (Å²) in [7, 11) is 0. The molecule has 0 spiro atoms. The highest BCUT2D eigenvalue weighted by Gasteiger charge is 2.16. The van der Waals surface area contributed by atoms with Crippen molar-refractivity contribution < 1.29 is 9.50 Å². The van der Waals surface area contributed by atoms with Crippen LogP contribution in [0.4, 0.5) is 4.39 Å². The van der Waals surface area contributed by atoms with Crippen molar-refractivity contribution in [2.75, 3.05) is 0 Å². The lowest BCUT2D eigenvalue weighted by Gasteiger charge is -2.14. The lowest BCUT2D eigenvalue weighted by molar-refractivity contribution is 0.215. The van der Waals surface area contributed by atoms with Gasteiger partial charge in [-0.3, -0.25) is 0 Å². The van der Waals surface area contributed by atoms with Crippen LogP contribution in [-0.2, 0) is 0 Å². The van der Waals surface area contributed by atoms with E-state index in [-0.39, 0.29) is 5.56 Å². The van der Waals surface area contributed by atoms with Crippen molar-refractivity contribution in [1.82, 2.24) is 0 Å². The molecular formula is C14H11BrClFO. The third-order valence-electron chi connectivity index (χ3n) is 2.71. The summed E-state index contributed by atoms with van der Waals surface area (Å²) in [5.41, 5.74) is 1.72. The van der Waals surface area contributed by atoms with E-state index in [1.165, 1.54) is 6.07 Å². The Bertz CT molecular complexity index is 586. The zero-order chi connectivity index (χ0) is 13.3. The summed E-state index contributed by atoms with van der Waals surface area (Å²) < 4.78 is 14.4. The van der Waals surface area contributed by atoms with Gasteiger partial charge >= 0.3 is 0 Å². The minimum absolute atomic E-state index is 0.258. The van der Waals surface area contributed by atoms with Gasteiger partial charge in [-0.05, 0) is 46.6 Å². The highest BCUT2D eigenvalue weighted by molar-refractivity contribution is 9.10. The average molecular weight is 330 g/mol. The summed E-state index contributed by atoms with van der Waals surface area (Å²) in [5.74, 6) is -0.424. The Labute approximate surface area is 118 Å². The minimum Gasteiger partial charge on any atom is -0.384 e. The molecular weight excluding hydrogens is 319 g/mol. The zero-order valence-corrected chi connectivity index (χ0v) is 12.0. The molecule has 0 aliphatic carbocycles. The Hall–Kier alpha value is -0.900. The van der Waals surface area contributed by atoms with E-state index in [2.05, 4.69) is 15.9 Å². The first kappa shape index (κ1) is 13.5. The molecule has 2 aromatic carbocycles. The number of halogens is 3. The lowest BCUT2D eigenvalue weighted by atomic mass is 9.99. The van der Waals surface area contributed by atoms with Crippen LogP contribution < -0.4 is 0 Å². The van der Waals surface area contributed by atoms with Gasteiger partial charge in [-0.15, -0.1) is 0 Å². The van der Waals surface area contributed by atoms with Gasteiger partial charge in [0.25, 0.3) is 0 Å². The van der Waals surface area contributed by atoms with E-state index < -0.39 is 11.9 Å².